The molecule has 5 heteroatoms. The van der Waals surface area contributed by atoms with Crippen LogP contribution in [-0.2, 0) is 0 Å². The van der Waals surface area contributed by atoms with Gasteiger partial charge >= 0.3 is 0 Å². The minimum atomic E-state index is -0.273. The van der Waals surface area contributed by atoms with Crippen molar-refractivity contribution >= 4 is 17.2 Å². The highest BCUT2D eigenvalue weighted by atomic mass is 32.1. The van der Waals surface area contributed by atoms with Crippen LogP contribution in [0.4, 0.5) is 4.39 Å². The highest BCUT2D eigenvalue weighted by Gasteiger charge is 2.13. The maximum absolute atomic E-state index is 12.9. The number of hydrogen-bond acceptors (Lipinski definition) is 3. The van der Waals surface area contributed by atoms with Gasteiger partial charge in [0.2, 0.25) is 0 Å². The van der Waals surface area contributed by atoms with Crippen LogP contribution in [0.1, 0.15) is 17.0 Å². The van der Waals surface area contributed by atoms with Crippen molar-refractivity contribution in [1.29, 1.82) is 0 Å². The Hall–Kier alpha value is -1.88. The number of aromatic nitrogens is 2. The van der Waals surface area contributed by atoms with E-state index in [2.05, 4.69) is 10.2 Å². The molecule has 0 saturated heterocycles. The lowest BCUT2D eigenvalue weighted by atomic mass is 9.98. The van der Waals surface area contributed by atoms with Crippen molar-refractivity contribution in [2.24, 2.45) is 5.73 Å². The smallest absolute Gasteiger partial charge is 0.124 e. The molecule has 18 heavy (non-hydrogen) atoms. The molecule has 1 aromatic heterocycles. The van der Waals surface area contributed by atoms with Crippen LogP contribution in [0.2, 0.25) is 0 Å². The van der Waals surface area contributed by atoms with Crippen LogP contribution in [0.15, 0.2) is 24.3 Å². The Balaban J connectivity index is 2.66. The first kappa shape index (κ1) is 12.6. The lowest BCUT2D eigenvalue weighted by Crippen LogP contribution is -2.16. The normalized spacial score (nSPS) is 10.4. The molecule has 2 aromatic rings. The maximum Gasteiger partial charge on any atom is 0.124 e. The second-order valence-electron chi connectivity index (χ2n) is 4.01. The largest absolute Gasteiger partial charge is 0.388 e. The van der Waals surface area contributed by atoms with Crippen LogP contribution in [0, 0.1) is 19.7 Å². The van der Waals surface area contributed by atoms with E-state index in [0.29, 0.717) is 5.69 Å². The Bertz CT molecular complexity index is 608. The van der Waals surface area contributed by atoms with Gasteiger partial charge in [-0.15, -0.1) is 5.10 Å². The van der Waals surface area contributed by atoms with E-state index in [9.17, 15) is 4.39 Å². The van der Waals surface area contributed by atoms with E-state index < -0.39 is 0 Å². The first-order chi connectivity index (χ1) is 8.50. The molecule has 1 aromatic carbocycles. The topological polar surface area (TPSA) is 51.8 Å². The third-order valence-corrected chi connectivity index (χ3v) is 2.95. The quantitative estimate of drug-likeness (QED) is 0.844. The molecule has 1 heterocycles. The van der Waals surface area contributed by atoms with Crippen molar-refractivity contribution in [2.75, 3.05) is 0 Å². The summed E-state index contributed by atoms with van der Waals surface area (Å²) in [5, 5.41) is 8.04. The van der Waals surface area contributed by atoms with Gasteiger partial charge in [0.05, 0.1) is 5.69 Å². The third-order valence-electron chi connectivity index (χ3n) is 2.76. The van der Waals surface area contributed by atoms with E-state index >= 15 is 0 Å². The summed E-state index contributed by atoms with van der Waals surface area (Å²) in [4.78, 5) is 0.211. The molecule has 0 saturated carbocycles. The predicted octanol–water partition coefficient (Wildman–Crippen LogP) is 2.53. The molecule has 2 rings (SSSR count). The second kappa shape index (κ2) is 4.78. The summed E-state index contributed by atoms with van der Waals surface area (Å²) in [5.74, 6) is -0.273. The van der Waals surface area contributed by atoms with E-state index in [0.717, 1.165) is 22.4 Å². The Labute approximate surface area is 110 Å². The van der Waals surface area contributed by atoms with Crippen LogP contribution in [0.5, 0.6) is 0 Å². The van der Waals surface area contributed by atoms with Crippen LogP contribution < -0.4 is 5.73 Å². The molecule has 0 aliphatic heterocycles. The first-order valence-corrected chi connectivity index (χ1v) is 5.81. The van der Waals surface area contributed by atoms with Crippen molar-refractivity contribution in [2.45, 2.75) is 13.8 Å². The monoisotopic (exact) mass is 261 g/mol. The third kappa shape index (κ3) is 2.22. The Morgan fingerprint density at radius 1 is 1.17 bits per heavy atom. The van der Waals surface area contributed by atoms with E-state index in [4.69, 9.17) is 18.0 Å². The highest BCUT2D eigenvalue weighted by Crippen LogP contribution is 2.27. The summed E-state index contributed by atoms with van der Waals surface area (Å²) in [5.41, 5.74) is 9.51. The van der Waals surface area contributed by atoms with Crippen molar-refractivity contribution in [3.05, 3.63) is 47.0 Å². The van der Waals surface area contributed by atoms with Crippen molar-refractivity contribution in [1.82, 2.24) is 10.2 Å². The van der Waals surface area contributed by atoms with E-state index in [1.54, 1.807) is 12.1 Å². The van der Waals surface area contributed by atoms with E-state index in [-0.39, 0.29) is 10.8 Å². The number of nitrogens with two attached hydrogens (primary N) is 1. The number of hydrogen-bond donors (Lipinski definition) is 1. The standard InChI is InChI=1S/C13H12FN3S/c1-7-11(9-3-5-10(14)6-4-9)8(2)16-17-12(7)13(15)18/h3-6H,1-2H3,(H2,15,18). The van der Waals surface area contributed by atoms with Gasteiger partial charge in [0.15, 0.2) is 0 Å². The van der Waals surface area contributed by atoms with Gasteiger partial charge in [0.1, 0.15) is 16.5 Å². The van der Waals surface area contributed by atoms with Crippen molar-refractivity contribution in [3.8, 4) is 11.1 Å². The Morgan fingerprint density at radius 2 is 1.78 bits per heavy atom. The molecular formula is C13H12FN3S. The summed E-state index contributed by atoms with van der Waals surface area (Å²) >= 11 is 4.94. The number of aryl methyl sites for hydroxylation is 1. The van der Waals surface area contributed by atoms with E-state index in [1.807, 2.05) is 13.8 Å². The molecule has 3 nitrogen and oxygen atoms in total. The molecule has 0 bridgehead atoms. The van der Waals surface area contributed by atoms with Gasteiger partial charge in [-0.05, 0) is 37.1 Å². The molecule has 0 amide bonds. The molecule has 92 valence electrons. The molecule has 0 fully saturated rings. The lowest BCUT2D eigenvalue weighted by molar-refractivity contribution is 0.628. The number of rotatable bonds is 2. The van der Waals surface area contributed by atoms with Crippen LogP contribution in [0.25, 0.3) is 11.1 Å². The van der Waals surface area contributed by atoms with Gasteiger partial charge in [-0.1, -0.05) is 24.4 Å². The summed E-state index contributed by atoms with van der Waals surface area (Å²) in [6.07, 6.45) is 0. The van der Waals surface area contributed by atoms with Gasteiger partial charge in [-0.3, -0.25) is 0 Å². The zero-order chi connectivity index (χ0) is 13.3. The van der Waals surface area contributed by atoms with E-state index in [1.165, 1.54) is 12.1 Å². The molecule has 0 spiro atoms. The first-order valence-electron chi connectivity index (χ1n) is 5.40. The number of halogens is 1. The fourth-order valence-electron chi connectivity index (χ4n) is 1.92. The van der Waals surface area contributed by atoms with Gasteiger partial charge in [0.25, 0.3) is 0 Å². The zero-order valence-corrected chi connectivity index (χ0v) is 10.9. The minimum absolute atomic E-state index is 0.211. The lowest BCUT2D eigenvalue weighted by Gasteiger charge is -2.11. The highest BCUT2D eigenvalue weighted by molar-refractivity contribution is 7.80. The Morgan fingerprint density at radius 3 is 2.33 bits per heavy atom. The number of nitrogens with zero attached hydrogens (tertiary/aromatic N) is 2. The van der Waals surface area contributed by atoms with Crippen molar-refractivity contribution in [3.63, 3.8) is 0 Å². The average molecular weight is 261 g/mol. The fourth-order valence-corrected chi connectivity index (χ4v) is 2.11. The summed E-state index contributed by atoms with van der Waals surface area (Å²) in [6.45, 7) is 3.73. The minimum Gasteiger partial charge on any atom is -0.388 e. The summed E-state index contributed by atoms with van der Waals surface area (Å²) in [6, 6.07) is 6.23. The second-order valence-corrected chi connectivity index (χ2v) is 4.44. The average Bonchev–Trinajstić information content (AvgIpc) is 2.31. The van der Waals surface area contributed by atoms with Gasteiger partial charge in [-0.2, -0.15) is 5.10 Å². The molecule has 0 radical (unpaired) electrons. The molecule has 2 N–H and O–H groups in total. The van der Waals surface area contributed by atoms with Crippen molar-refractivity contribution < 1.29 is 4.39 Å². The fraction of sp³-hybridized carbons (Fsp3) is 0.154. The van der Waals surface area contributed by atoms with Crippen LogP contribution >= 0.6 is 12.2 Å². The molecule has 0 aliphatic carbocycles. The SMILES string of the molecule is Cc1nnc(C(N)=S)c(C)c1-c1ccc(F)cc1. The van der Waals surface area contributed by atoms with Gasteiger partial charge in [-0.25, -0.2) is 4.39 Å². The van der Waals surface area contributed by atoms with Crippen LogP contribution in [0.3, 0.4) is 0 Å². The molecule has 0 unspecified atom stereocenters. The molecule has 0 atom stereocenters. The number of benzene rings is 1. The predicted molar refractivity (Wildman–Crippen MR) is 72.8 cm³/mol. The summed E-state index contributed by atoms with van der Waals surface area (Å²) in [7, 11) is 0. The maximum atomic E-state index is 12.9. The molecular weight excluding hydrogens is 249 g/mol. The summed E-state index contributed by atoms with van der Waals surface area (Å²) < 4.78 is 12.9. The Kier molecular flexibility index (Phi) is 3.34. The number of thiocarbonyl (C=S) groups is 1. The van der Waals surface area contributed by atoms with Gasteiger partial charge < -0.3 is 5.73 Å². The van der Waals surface area contributed by atoms with Gasteiger partial charge in [0, 0.05) is 5.56 Å². The molecule has 0 aliphatic rings. The zero-order valence-electron chi connectivity index (χ0n) is 10.1. The van der Waals surface area contributed by atoms with Crippen LogP contribution in [-0.4, -0.2) is 15.2 Å².